The van der Waals surface area contributed by atoms with Gasteiger partial charge in [0.1, 0.15) is 22.5 Å². The molecule has 8 aromatic rings. The lowest BCUT2D eigenvalue weighted by molar-refractivity contribution is 0.625. The Kier molecular flexibility index (Phi) is 3.98. The molecule has 2 aromatic heterocycles. The van der Waals surface area contributed by atoms with Gasteiger partial charge in [0.05, 0.1) is 0 Å². The molecule has 0 aliphatic carbocycles. The van der Waals surface area contributed by atoms with Crippen molar-refractivity contribution in [2.24, 2.45) is 0 Å². The third kappa shape index (κ3) is 2.70. The molecule has 0 fully saturated rings. The largest absolute Gasteiger partial charge is 0.465 e. The van der Waals surface area contributed by atoms with Gasteiger partial charge in [-0.05, 0) is 46.5 Å². The number of hydrogen-bond acceptors (Lipinski definition) is 4. The summed E-state index contributed by atoms with van der Waals surface area (Å²) in [5.74, 6) is 0.841. The molecule has 6 aromatic carbocycles. The van der Waals surface area contributed by atoms with Crippen LogP contribution in [0.1, 0.15) is 0 Å². The van der Waals surface area contributed by atoms with E-state index in [-0.39, 0.29) is 6.98 Å². The molecule has 0 bridgehead atoms. The average Bonchev–Trinajstić information content (AvgIpc) is 3.69. The van der Waals surface area contributed by atoms with Crippen molar-refractivity contribution < 1.29 is 8.83 Å². The van der Waals surface area contributed by atoms with Gasteiger partial charge in [0.25, 0.3) is 0 Å². The molecule has 0 radical (unpaired) electrons. The van der Waals surface area contributed by atoms with E-state index in [4.69, 9.17) is 8.83 Å². The quantitative estimate of drug-likeness (QED) is 0.201. The second-order valence-corrected chi connectivity index (χ2v) is 10.9. The topological polar surface area (TPSA) is 32.8 Å². The zero-order chi connectivity index (χ0) is 26.7. The highest BCUT2D eigenvalue weighted by Gasteiger charge is 2.54. The molecule has 0 saturated heterocycles. The summed E-state index contributed by atoms with van der Waals surface area (Å²) >= 11 is 0. The zero-order valence-electron chi connectivity index (χ0n) is 21.9. The van der Waals surface area contributed by atoms with Gasteiger partial charge in [-0.2, -0.15) is 0 Å². The van der Waals surface area contributed by atoms with Crippen LogP contribution in [-0.4, -0.2) is 6.98 Å². The molecule has 0 amide bonds. The SMILES string of the molecule is c1ccc2cc(N3B4c5oc6ccccc6c5-c5ccc6ccccc6c5N4c4oc5ccccc5c43)ccc2c1. The molecular formula is C36H21BN2O2. The minimum atomic E-state index is -0.254. The van der Waals surface area contributed by atoms with Gasteiger partial charge >= 0.3 is 6.98 Å². The third-order valence-electron chi connectivity index (χ3n) is 8.78. The molecule has 0 spiro atoms. The molecule has 2 aliphatic rings. The average molecular weight is 524 g/mol. The first-order valence-electron chi connectivity index (χ1n) is 14.0. The summed E-state index contributed by atoms with van der Waals surface area (Å²) in [5.41, 5.74) is 8.32. The first-order chi connectivity index (χ1) is 20.3. The molecule has 4 nitrogen and oxygen atoms in total. The number of benzene rings is 6. The van der Waals surface area contributed by atoms with Crippen LogP contribution in [0.5, 0.6) is 0 Å². The van der Waals surface area contributed by atoms with Crippen molar-refractivity contribution in [2.45, 2.75) is 0 Å². The van der Waals surface area contributed by atoms with Crippen molar-refractivity contribution in [3.63, 3.8) is 0 Å². The third-order valence-corrected chi connectivity index (χ3v) is 8.78. The number of rotatable bonds is 1. The normalized spacial score (nSPS) is 13.7. The lowest BCUT2D eigenvalue weighted by Gasteiger charge is -2.34. The van der Waals surface area contributed by atoms with Crippen LogP contribution in [0.2, 0.25) is 0 Å². The van der Waals surface area contributed by atoms with E-state index in [2.05, 4.69) is 125 Å². The monoisotopic (exact) mass is 524 g/mol. The molecule has 4 heterocycles. The molecule has 0 saturated carbocycles. The van der Waals surface area contributed by atoms with Gasteiger partial charge in [0, 0.05) is 38.7 Å². The van der Waals surface area contributed by atoms with Crippen molar-refractivity contribution in [1.82, 2.24) is 0 Å². The van der Waals surface area contributed by atoms with E-state index in [0.29, 0.717) is 0 Å². The molecule has 190 valence electrons. The van der Waals surface area contributed by atoms with E-state index in [1.54, 1.807) is 0 Å². The van der Waals surface area contributed by atoms with Crippen LogP contribution >= 0.6 is 0 Å². The van der Waals surface area contributed by atoms with Gasteiger partial charge in [-0.15, -0.1) is 0 Å². The summed E-state index contributed by atoms with van der Waals surface area (Å²) in [4.78, 5) is 4.78. The second-order valence-electron chi connectivity index (χ2n) is 10.9. The van der Waals surface area contributed by atoms with Crippen LogP contribution in [-0.2, 0) is 0 Å². The molecule has 0 atom stereocenters. The summed E-state index contributed by atoms with van der Waals surface area (Å²) in [6.07, 6.45) is 0. The first-order valence-corrected chi connectivity index (χ1v) is 14.0. The number of nitrogens with zero attached hydrogens (tertiary/aromatic N) is 2. The van der Waals surface area contributed by atoms with Crippen LogP contribution in [0.3, 0.4) is 0 Å². The van der Waals surface area contributed by atoms with Crippen LogP contribution in [0.15, 0.2) is 136 Å². The molecule has 10 rings (SSSR count). The van der Waals surface area contributed by atoms with E-state index >= 15 is 0 Å². The van der Waals surface area contributed by atoms with Crippen molar-refractivity contribution in [3.8, 4) is 11.1 Å². The van der Waals surface area contributed by atoms with Crippen LogP contribution in [0.25, 0.3) is 54.6 Å². The molecular weight excluding hydrogens is 503 g/mol. The Morgan fingerprint density at radius 3 is 2.00 bits per heavy atom. The van der Waals surface area contributed by atoms with Gasteiger partial charge in [-0.1, -0.05) is 97.1 Å². The Morgan fingerprint density at radius 2 is 1.15 bits per heavy atom. The van der Waals surface area contributed by atoms with Crippen LogP contribution < -0.4 is 15.3 Å². The van der Waals surface area contributed by atoms with E-state index in [0.717, 1.165) is 61.7 Å². The molecule has 41 heavy (non-hydrogen) atoms. The summed E-state index contributed by atoms with van der Waals surface area (Å²) < 4.78 is 13.6. The minimum Gasteiger partial charge on any atom is -0.465 e. The molecule has 2 aliphatic heterocycles. The Hall–Kier alpha value is -5.42. The Morgan fingerprint density at radius 1 is 0.488 bits per heavy atom. The highest BCUT2D eigenvalue weighted by molar-refractivity contribution is 6.86. The summed E-state index contributed by atoms with van der Waals surface area (Å²) in [7, 11) is 0. The summed E-state index contributed by atoms with van der Waals surface area (Å²) in [6.45, 7) is -0.254. The Bertz CT molecular complexity index is 2370. The predicted octanol–water partition coefficient (Wildman–Crippen LogP) is 9.15. The second kappa shape index (κ2) is 7.61. The van der Waals surface area contributed by atoms with Crippen molar-refractivity contribution >= 4 is 79.1 Å². The number of anilines is 4. The molecule has 5 heteroatoms. The highest BCUT2D eigenvalue weighted by Crippen LogP contribution is 2.57. The maximum Gasteiger partial charge on any atom is 0.462 e. The van der Waals surface area contributed by atoms with E-state index in [1.807, 2.05) is 12.1 Å². The lowest BCUT2D eigenvalue weighted by atomic mass is 9.63. The molecule has 0 N–H and O–H groups in total. The maximum absolute atomic E-state index is 6.80. The Labute approximate surface area is 235 Å². The van der Waals surface area contributed by atoms with E-state index < -0.39 is 0 Å². The van der Waals surface area contributed by atoms with Gasteiger partial charge < -0.3 is 18.5 Å². The van der Waals surface area contributed by atoms with E-state index in [9.17, 15) is 0 Å². The zero-order valence-corrected chi connectivity index (χ0v) is 21.9. The number of fused-ring (bicyclic) bond motifs is 15. The minimum absolute atomic E-state index is 0.254. The van der Waals surface area contributed by atoms with Gasteiger partial charge in [0.15, 0.2) is 0 Å². The Balaban J connectivity index is 1.37. The lowest BCUT2D eigenvalue weighted by Crippen LogP contribution is -2.55. The van der Waals surface area contributed by atoms with E-state index in [1.165, 1.54) is 21.5 Å². The van der Waals surface area contributed by atoms with Gasteiger partial charge in [-0.3, -0.25) is 0 Å². The van der Waals surface area contributed by atoms with Crippen LogP contribution in [0.4, 0.5) is 22.9 Å². The number of furan rings is 2. The summed E-state index contributed by atoms with van der Waals surface area (Å²) in [6, 6.07) is 45.1. The fraction of sp³-hybridized carbons (Fsp3) is 0. The smallest absolute Gasteiger partial charge is 0.462 e. The molecule has 0 unspecified atom stereocenters. The standard InChI is InChI=1S/C36H21BN2O2/c1-2-11-24-21-25(19-17-22(24)9-1)38-34-28-14-6-8-16-31(28)41-36(34)39-33-26-12-4-3-10-23(26)18-20-29(33)32-27-13-5-7-15-30(27)40-35(32)37(38)39/h1-21H. The fourth-order valence-electron chi connectivity index (χ4n) is 7.06. The van der Waals surface area contributed by atoms with Gasteiger partial charge in [-0.25, -0.2) is 0 Å². The van der Waals surface area contributed by atoms with Crippen LogP contribution in [0, 0.1) is 0 Å². The fourth-order valence-corrected chi connectivity index (χ4v) is 7.06. The highest BCUT2D eigenvalue weighted by atomic mass is 16.4. The number of hydrogen-bond donors (Lipinski definition) is 0. The predicted molar refractivity (Wildman–Crippen MR) is 169 cm³/mol. The van der Waals surface area contributed by atoms with Crippen molar-refractivity contribution in [2.75, 3.05) is 9.62 Å². The number of para-hydroxylation sites is 2. The van der Waals surface area contributed by atoms with Crippen molar-refractivity contribution in [3.05, 3.63) is 127 Å². The summed E-state index contributed by atoms with van der Waals surface area (Å²) in [5, 5.41) is 7.02. The van der Waals surface area contributed by atoms with Crippen molar-refractivity contribution in [1.29, 1.82) is 0 Å². The van der Waals surface area contributed by atoms with Gasteiger partial charge in [0.2, 0.25) is 5.88 Å². The maximum atomic E-state index is 6.80. The first kappa shape index (κ1) is 21.4.